The minimum absolute atomic E-state index is 0.127. The molecule has 0 bridgehead atoms. The van der Waals surface area contributed by atoms with E-state index in [9.17, 15) is 24.6 Å². The van der Waals surface area contributed by atoms with Gasteiger partial charge >= 0.3 is 11.9 Å². The van der Waals surface area contributed by atoms with Crippen molar-refractivity contribution in [2.24, 2.45) is 5.10 Å². The van der Waals surface area contributed by atoms with Crippen molar-refractivity contribution in [3.05, 3.63) is 82.2 Å². The summed E-state index contributed by atoms with van der Waals surface area (Å²) in [5.41, 5.74) is 5.56. The van der Waals surface area contributed by atoms with Crippen molar-refractivity contribution in [3.63, 3.8) is 0 Å². The van der Waals surface area contributed by atoms with Crippen LogP contribution in [0.1, 0.15) is 43.2 Å². The molecule has 0 spiro atoms. The predicted octanol–water partition coefficient (Wildman–Crippen LogP) is 3.19. The number of aryl methyl sites for hydroxylation is 1. The Morgan fingerprint density at radius 1 is 1.03 bits per heavy atom. The second kappa shape index (κ2) is 9.82. The number of methoxy groups -OCH3 is 1. The molecule has 1 amide bonds. The number of nitrogens with zero attached hydrogens (tertiary/aromatic N) is 2. The Morgan fingerprint density at radius 2 is 1.70 bits per heavy atom. The molecule has 0 saturated carbocycles. The predicted molar refractivity (Wildman–Crippen MR) is 122 cm³/mol. The normalized spacial score (nSPS) is 10.9. The van der Waals surface area contributed by atoms with Crippen molar-refractivity contribution in [2.45, 2.75) is 20.3 Å². The number of aromatic carboxylic acids is 2. The quantitative estimate of drug-likeness (QED) is 0.358. The summed E-state index contributed by atoms with van der Waals surface area (Å²) in [6, 6.07) is 12.9. The average molecular weight is 449 g/mol. The number of hydrogen-bond acceptors (Lipinski definition) is 5. The van der Waals surface area contributed by atoms with Gasteiger partial charge in [0.15, 0.2) is 0 Å². The first-order chi connectivity index (χ1) is 15.7. The summed E-state index contributed by atoms with van der Waals surface area (Å²) in [5.74, 6) is -2.08. The summed E-state index contributed by atoms with van der Waals surface area (Å²) in [5, 5.41) is 22.7. The maximum atomic E-state index is 12.2. The first-order valence-electron chi connectivity index (χ1n) is 9.95. The summed E-state index contributed by atoms with van der Waals surface area (Å²) in [6.45, 7) is 3.60. The van der Waals surface area contributed by atoms with Crippen molar-refractivity contribution < 1.29 is 29.3 Å². The Kier molecular flexibility index (Phi) is 6.92. The maximum Gasteiger partial charge on any atom is 0.335 e. The smallest absolute Gasteiger partial charge is 0.335 e. The molecule has 0 saturated heterocycles. The molecular weight excluding hydrogens is 426 g/mol. The first kappa shape index (κ1) is 23.3. The van der Waals surface area contributed by atoms with Crippen LogP contribution in [-0.4, -0.2) is 46.0 Å². The molecule has 0 radical (unpaired) electrons. The van der Waals surface area contributed by atoms with E-state index in [2.05, 4.69) is 10.5 Å². The van der Waals surface area contributed by atoms with Crippen LogP contribution in [0.5, 0.6) is 5.75 Å². The number of rotatable bonds is 8. The van der Waals surface area contributed by atoms with E-state index in [4.69, 9.17) is 4.74 Å². The highest BCUT2D eigenvalue weighted by Crippen LogP contribution is 2.22. The lowest BCUT2D eigenvalue weighted by Gasteiger charge is -2.12. The van der Waals surface area contributed by atoms with Gasteiger partial charge in [-0.15, -0.1) is 0 Å². The highest BCUT2D eigenvalue weighted by molar-refractivity contribution is 5.95. The van der Waals surface area contributed by atoms with E-state index in [1.165, 1.54) is 18.3 Å². The van der Waals surface area contributed by atoms with Gasteiger partial charge in [0, 0.05) is 22.6 Å². The second-order valence-electron chi connectivity index (χ2n) is 7.36. The largest absolute Gasteiger partial charge is 0.497 e. The third-order valence-corrected chi connectivity index (χ3v) is 5.03. The van der Waals surface area contributed by atoms with Gasteiger partial charge in [0.25, 0.3) is 0 Å². The van der Waals surface area contributed by atoms with E-state index >= 15 is 0 Å². The molecule has 1 heterocycles. The summed E-state index contributed by atoms with van der Waals surface area (Å²) in [6.07, 6.45) is 1.62. The molecule has 3 aromatic rings. The van der Waals surface area contributed by atoms with E-state index in [1.54, 1.807) is 49.8 Å². The minimum atomic E-state index is -1.22. The molecule has 170 valence electrons. The van der Waals surface area contributed by atoms with Crippen LogP contribution < -0.4 is 10.2 Å². The van der Waals surface area contributed by atoms with Crippen LogP contribution in [0.15, 0.2) is 53.6 Å². The molecular formula is C24H23N3O6. The zero-order valence-electron chi connectivity index (χ0n) is 18.3. The number of ether oxygens (including phenoxy) is 1. The summed E-state index contributed by atoms with van der Waals surface area (Å²) in [7, 11) is 1.56. The molecule has 0 aliphatic heterocycles. The number of hydrazone groups is 1. The number of carboxylic acids is 2. The van der Waals surface area contributed by atoms with Crippen LogP contribution in [0.4, 0.5) is 0 Å². The summed E-state index contributed by atoms with van der Waals surface area (Å²) < 4.78 is 6.89. The molecule has 1 aromatic heterocycles. The van der Waals surface area contributed by atoms with E-state index < -0.39 is 11.9 Å². The molecule has 3 rings (SSSR count). The number of aromatic nitrogens is 1. The Hall–Kier alpha value is -4.40. The number of nitrogens with one attached hydrogen (secondary N) is 1. The van der Waals surface area contributed by atoms with Gasteiger partial charge in [-0.05, 0) is 55.8 Å². The fourth-order valence-corrected chi connectivity index (χ4v) is 3.48. The van der Waals surface area contributed by atoms with Crippen molar-refractivity contribution in [1.82, 2.24) is 9.99 Å². The SMILES string of the molecule is COc1cccc(CC(=O)N/N=C/c2cc(C)n(-c3cc(C(=O)O)cc(C(=O)O)c3)c2C)c1. The third kappa shape index (κ3) is 5.45. The lowest BCUT2D eigenvalue weighted by molar-refractivity contribution is -0.120. The zero-order chi connectivity index (χ0) is 24.1. The molecule has 3 N–H and O–H groups in total. The van der Waals surface area contributed by atoms with Crippen LogP contribution in [0.25, 0.3) is 5.69 Å². The lowest BCUT2D eigenvalue weighted by Crippen LogP contribution is -2.19. The second-order valence-corrected chi connectivity index (χ2v) is 7.36. The fraction of sp³-hybridized carbons (Fsp3) is 0.167. The topological polar surface area (TPSA) is 130 Å². The molecule has 0 aliphatic rings. The number of carboxylic acid groups (broad SMARTS) is 2. The van der Waals surface area contributed by atoms with Crippen LogP contribution >= 0.6 is 0 Å². The average Bonchev–Trinajstić information content (AvgIpc) is 3.06. The van der Waals surface area contributed by atoms with E-state index in [0.717, 1.165) is 17.3 Å². The van der Waals surface area contributed by atoms with Gasteiger partial charge in [-0.25, -0.2) is 15.0 Å². The molecule has 0 unspecified atom stereocenters. The zero-order valence-corrected chi connectivity index (χ0v) is 18.3. The van der Waals surface area contributed by atoms with E-state index in [1.807, 2.05) is 6.07 Å². The third-order valence-electron chi connectivity index (χ3n) is 5.03. The Balaban J connectivity index is 1.81. The highest BCUT2D eigenvalue weighted by atomic mass is 16.5. The Morgan fingerprint density at radius 3 is 2.30 bits per heavy atom. The summed E-state index contributed by atoms with van der Waals surface area (Å²) >= 11 is 0. The molecule has 0 aliphatic carbocycles. The molecule has 9 heteroatoms. The van der Waals surface area contributed by atoms with Gasteiger partial charge in [0.2, 0.25) is 5.91 Å². The van der Waals surface area contributed by atoms with Gasteiger partial charge in [-0.3, -0.25) is 4.79 Å². The molecule has 0 fully saturated rings. The number of carbonyl (C=O) groups is 3. The Labute approximate surface area is 189 Å². The fourth-order valence-electron chi connectivity index (χ4n) is 3.48. The first-order valence-corrected chi connectivity index (χ1v) is 9.95. The number of hydrogen-bond donors (Lipinski definition) is 3. The van der Waals surface area contributed by atoms with Crippen molar-refractivity contribution in [1.29, 1.82) is 0 Å². The number of carbonyl (C=O) groups excluding carboxylic acids is 1. The minimum Gasteiger partial charge on any atom is -0.497 e. The van der Waals surface area contributed by atoms with Crippen LogP contribution in [0.3, 0.4) is 0 Å². The molecule has 9 nitrogen and oxygen atoms in total. The molecule has 0 atom stereocenters. The maximum absolute atomic E-state index is 12.2. The number of amides is 1. The molecule has 33 heavy (non-hydrogen) atoms. The monoisotopic (exact) mass is 449 g/mol. The van der Waals surface area contributed by atoms with Gasteiger partial charge in [-0.2, -0.15) is 5.10 Å². The van der Waals surface area contributed by atoms with Gasteiger partial charge < -0.3 is 19.5 Å². The van der Waals surface area contributed by atoms with Crippen LogP contribution in [-0.2, 0) is 11.2 Å². The number of benzene rings is 2. The van der Waals surface area contributed by atoms with E-state index in [0.29, 0.717) is 22.7 Å². The van der Waals surface area contributed by atoms with Crippen LogP contribution in [0.2, 0.25) is 0 Å². The van der Waals surface area contributed by atoms with E-state index in [-0.39, 0.29) is 23.5 Å². The van der Waals surface area contributed by atoms with Gasteiger partial charge in [0.1, 0.15) is 5.75 Å². The standard InChI is InChI=1S/C24H23N3O6/c1-14-7-19(13-25-26-22(28)9-16-5-4-6-21(8-16)33-3)15(2)27(14)20-11-17(23(29)30)10-18(12-20)24(31)32/h4-8,10-13H,9H2,1-3H3,(H,26,28)(H,29,30)(H,31,32)/b25-13+. The lowest BCUT2D eigenvalue weighted by atomic mass is 10.1. The van der Waals surface area contributed by atoms with Crippen molar-refractivity contribution in [3.8, 4) is 11.4 Å². The Bertz CT molecular complexity index is 1230. The summed E-state index contributed by atoms with van der Waals surface area (Å²) in [4.78, 5) is 35.1. The van der Waals surface area contributed by atoms with Crippen molar-refractivity contribution in [2.75, 3.05) is 7.11 Å². The van der Waals surface area contributed by atoms with Crippen LogP contribution in [0, 0.1) is 13.8 Å². The highest BCUT2D eigenvalue weighted by Gasteiger charge is 2.16. The van der Waals surface area contributed by atoms with Crippen molar-refractivity contribution >= 4 is 24.1 Å². The van der Waals surface area contributed by atoms with Gasteiger partial charge in [-0.1, -0.05) is 12.1 Å². The molecule has 2 aromatic carbocycles. The van der Waals surface area contributed by atoms with Gasteiger partial charge in [0.05, 0.1) is 30.9 Å².